The minimum absolute atomic E-state index is 0.814. The van der Waals surface area contributed by atoms with Gasteiger partial charge in [0.05, 0.1) is 0 Å². The summed E-state index contributed by atoms with van der Waals surface area (Å²) in [6.07, 6.45) is 4.66. The second-order valence-electron chi connectivity index (χ2n) is 4.15. The summed E-state index contributed by atoms with van der Waals surface area (Å²) in [7, 11) is 3.93. The predicted molar refractivity (Wildman–Crippen MR) is 74.6 cm³/mol. The third kappa shape index (κ3) is 8.98. The van der Waals surface area contributed by atoms with E-state index in [4.69, 9.17) is 4.74 Å². The largest absolute Gasteiger partial charge is 0.382 e. The van der Waals surface area contributed by atoms with Crippen LogP contribution in [-0.2, 0) is 4.74 Å². The van der Waals surface area contributed by atoms with Gasteiger partial charge >= 0.3 is 0 Å². The molecule has 0 aliphatic rings. The first-order chi connectivity index (χ1) is 8.26. The predicted octanol–water partition coefficient (Wildman–Crippen LogP) is 2.11. The fourth-order valence-electron chi connectivity index (χ4n) is 1.56. The van der Waals surface area contributed by atoms with Gasteiger partial charge in [-0.25, -0.2) is 0 Å². The summed E-state index contributed by atoms with van der Waals surface area (Å²) in [5.41, 5.74) is 0. The average molecular weight is 243 g/mol. The summed E-state index contributed by atoms with van der Waals surface area (Å²) < 4.78 is 5.30. The molecule has 0 heterocycles. The van der Waals surface area contributed by atoms with E-state index in [1.807, 2.05) is 14.0 Å². The van der Waals surface area contributed by atoms with E-state index in [2.05, 4.69) is 29.2 Å². The highest BCUT2D eigenvalue weighted by molar-refractivity contribution is 5.79. The summed E-state index contributed by atoms with van der Waals surface area (Å²) >= 11 is 0. The Balaban J connectivity index is 3.61. The number of aliphatic imine (C=N–C) groups is 1. The summed E-state index contributed by atoms with van der Waals surface area (Å²) in [5, 5.41) is 3.38. The molecule has 0 radical (unpaired) electrons. The Labute approximate surface area is 106 Å². The van der Waals surface area contributed by atoms with Gasteiger partial charge in [0.1, 0.15) is 0 Å². The highest BCUT2D eigenvalue weighted by atomic mass is 16.5. The summed E-state index contributed by atoms with van der Waals surface area (Å²) in [5.74, 6) is 0.995. The molecule has 4 heteroatoms. The van der Waals surface area contributed by atoms with Crippen molar-refractivity contribution >= 4 is 5.96 Å². The van der Waals surface area contributed by atoms with E-state index in [9.17, 15) is 0 Å². The van der Waals surface area contributed by atoms with E-state index < -0.39 is 0 Å². The normalized spacial score (nSPS) is 11.6. The van der Waals surface area contributed by atoms with Crippen LogP contribution in [0.2, 0.25) is 0 Å². The smallest absolute Gasteiger partial charge is 0.193 e. The maximum absolute atomic E-state index is 5.30. The summed E-state index contributed by atoms with van der Waals surface area (Å²) in [6.45, 7) is 7.95. The molecule has 0 spiro atoms. The number of nitrogens with zero attached hydrogens (tertiary/aromatic N) is 2. The molecule has 17 heavy (non-hydrogen) atoms. The molecule has 102 valence electrons. The van der Waals surface area contributed by atoms with Gasteiger partial charge in [-0.1, -0.05) is 13.3 Å². The van der Waals surface area contributed by atoms with Gasteiger partial charge in [0.25, 0.3) is 0 Å². The van der Waals surface area contributed by atoms with E-state index in [1.165, 1.54) is 12.8 Å². The fourth-order valence-corrected chi connectivity index (χ4v) is 1.56. The molecule has 0 fully saturated rings. The van der Waals surface area contributed by atoms with Gasteiger partial charge in [0.2, 0.25) is 0 Å². The molecule has 0 aliphatic carbocycles. The second-order valence-corrected chi connectivity index (χ2v) is 4.15. The average Bonchev–Trinajstić information content (AvgIpc) is 2.35. The maximum Gasteiger partial charge on any atom is 0.193 e. The Kier molecular flexibility index (Phi) is 11.2. The van der Waals surface area contributed by atoms with Crippen molar-refractivity contribution in [2.24, 2.45) is 4.99 Å². The van der Waals surface area contributed by atoms with Crippen LogP contribution >= 0.6 is 0 Å². The number of nitrogens with one attached hydrogen (secondary N) is 1. The van der Waals surface area contributed by atoms with Crippen molar-refractivity contribution in [3.63, 3.8) is 0 Å². The van der Waals surface area contributed by atoms with Gasteiger partial charge in [0.15, 0.2) is 5.96 Å². The van der Waals surface area contributed by atoms with E-state index in [0.717, 1.165) is 45.1 Å². The van der Waals surface area contributed by atoms with Gasteiger partial charge in [0, 0.05) is 40.4 Å². The van der Waals surface area contributed by atoms with Gasteiger partial charge in [-0.05, 0) is 26.2 Å². The van der Waals surface area contributed by atoms with Crippen molar-refractivity contribution in [3.8, 4) is 0 Å². The molecule has 0 aromatic heterocycles. The molecule has 0 aromatic rings. The SMILES string of the molecule is CCCCN(C)C(=NC)NCCCCOCC. The van der Waals surface area contributed by atoms with Crippen LogP contribution in [-0.4, -0.2) is 51.3 Å². The molecular formula is C13H29N3O. The van der Waals surface area contributed by atoms with Gasteiger partial charge in [-0.3, -0.25) is 4.99 Å². The Bertz CT molecular complexity index is 195. The van der Waals surface area contributed by atoms with Crippen molar-refractivity contribution in [2.75, 3.05) is 40.4 Å². The molecule has 1 N–H and O–H groups in total. The van der Waals surface area contributed by atoms with Crippen LogP contribution in [0.25, 0.3) is 0 Å². The number of unbranched alkanes of at least 4 members (excludes halogenated alkanes) is 2. The zero-order valence-electron chi connectivity index (χ0n) is 12.0. The minimum Gasteiger partial charge on any atom is -0.382 e. The zero-order valence-corrected chi connectivity index (χ0v) is 12.0. The molecular weight excluding hydrogens is 214 g/mol. The number of hydrogen-bond acceptors (Lipinski definition) is 2. The monoisotopic (exact) mass is 243 g/mol. The van der Waals surface area contributed by atoms with Crippen LogP contribution in [0, 0.1) is 0 Å². The molecule has 0 aromatic carbocycles. The van der Waals surface area contributed by atoms with Crippen molar-refractivity contribution in [1.29, 1.82) is 0 Å². The molecule has 0 amide bonds. The second kappa shape index (κ2) is 11.7. The fraction of sp³-hybridized carbons (Fsp3) is 0.923. The lowest BCUT2D eigenvalue weighted by molar-refractivity contribution is 0.143. The lowest BCUT2D eigenvalue weighted by Crippen LogP contribution is -2.39. The minimum atomic E-state index is 0.814. The third-order valence-corrected chi connectivity index (χ3v) is 2.62. The van der Waals surface area contributed by atoms with Crippen LogP contribution in [0.1, 0.15) is 39.5 Å². The number of ether oxygens (including phenoxy) is 1. The summed E-state index contributed by atoms with van der Waals surface area (Å²) in [4.78, 5) is 6.46. The molecule has 0 saturated heterocycles. The van der Waals surface area contributed by atoms with E-state index in [1.54, 1.807) is 0 Å². The van der Waals surface area contributed by atoms with Crippen LogP contribution in [0.15, 0.2) is 4.99 Å². The van der Waals surface area contributed by atoms with Crippen molar-refractivity contribution in [1.82, 2.24) is 10.2 Å². The number of rotatable bonds is 9. The zero-order chi connectivity index (χ0) is 12.9. The Morgan fingerprint density at radius 3 is 2.59 bits per heavy atom. The van der Waals surface area contributed by atoms with Crippen molar-refractivity contribution in [2.45, 2.75) is 39.5 Å². The van der Waals surface area contributed by atoms with Crippen molar-refractivity contribution in [3.05, 3.63) is 0 Å². The molecule has 0 bridgehead atoms. The molecule has 0 rings (SSSR count). The number of hydrogen-bond donors (Lipinski definition) is 1. The first-order valence-electron chi connectivity index (χ1n) is 6.75. The molecule has 4 nitrogen and oxygen atoms in total. The lowest BCUT2D eigenvalue weighted by Gasteiger charge is -2.21. The van der Waals surface area contributed by atoms with Gasteiger partial charge in [-0.15, -0.1) is 0 Å². The van der Waals surface area contributed by atoms with Gasteiger partial charge < -0.3 is 15.0 Å². The maximum atomic E-state index is 5.30. The van der Waals surface area contributed by atoms with Crippen molar-refractivity contribution < 1.29 is 4.74 Å². The highest BCUT2D eigenvalue weighted by Gasteiger charge is 2.03. The third-order valence-electron chi connectivity index (χ3n) is 2.62. The van der Waals surface area contributed by atoms with Crippen LogP contribution in [0.5, 0.6) is 0 Å². The van der Waals surface area contributed by atoms with E-state index >= 15 is 0 Å². The van der Waals surface area contributed by atoms with Crippen LogP contribution < -0.4 is 5.32 Å². The highest BCUT2D eigenvalue weighted by Crippen LogP contribution is 1.94. The Hall–Kier alpha value is -0.770. The first-order valence-corrected chi connectivity index (χ1v) is 6.75. The first kappa shape index (κ1) is 16.2. The molecule has 0 unspecified atom stereocenters. The topological polar surface area (TPSA) is 36.9 Å². The van der Waals surface area contributed by atoms with Crippen LogP contribution in [0.4, 0.5) is 0 Å². The van der Waals surface area contributed by atoms with Gasteiger partial charge in [-0.2, -0.15) is 0 Å². The quantitative estimate of drug-likeness (QED) is 0.383. The molecule has 0 atom stereocenters. The number of guanidine groups is 1. The standard InChI is InChI=1S/C13H29N3O/c1-5-7-11-16(4)13(14-3)15-10-8-9-12-17-6-2/h5-12H2,1-4H3,(H,14,15). The van der Waals surface area contributed by atoms with E-state index in [0.29, 0.717) is 0 Å². The van der Waals surface area contributed by atoms with E-state index in [-0.39, 0.29) is 0 Å². The Morgan fingerprint density at radius 2 is 2.00 bits per heavy atom. The Morgan fingerprint density at radius 1 is 1.24 bits per heavy atom. The summed E-state index contributed by atoms with van der Waals surface area (Å²) in [6, 6.07) is 0. The lowest BCUT2D eigenvalue weighted by atomic mass is 10.3. The van der Waals surface area contributed by atoms with Crippen LogP contribution in [0.3, 0.4) is 0 Å². The molecule has 0 aliphatic heterocycles. The molecule has 0 saturated carbocycles.